The van der Waals surface area contributed by atoms with Gasteiger partial charge >= 0.3 is 0 Å². The van der Waals surface area contributed by atoms with Crippen molar-refractivity contribution in [2.24, 2.45) is 0 Å². The van der Waals surface area contributed by atoms with Crippen LogP contribution in [0.1, 0.15) is 16.5 Å². The first-order valence-electron chi connectivity index (χ1n) is 9.08. The number of ketones is 1. The van der Waals surface area contributed by atoms with Gasteiger partial charge in [0.05, 0.1) is 31.4 Å². The van der Waals surface area contributed by atoms with E-state index in [1.54, 1.807) is 18.2 Å². The summed E-state index contributed by atoms with van der Waals surface area (Å²) < 4.78 is 10.6. The van der Waals surface area contributed by atoms with E-state index in [0.29, 0.717) is 30.2 Å². The molecule has 1 aliphatic heterocycles. The van der Waals surface area contributed by atoms with E-state index in [4.69, 9.17) is 9.47 Å². The van der Waals surface area contributed by atoms with E-state index < -0.39 is 17.7 Å². The molecule has 1 atom stereocenters. The van der Waals surface area contributed by atoms with Crippen molar-refractivity contribution in [3.05, 3.63) is 51.7 Å². The van der Waals surface area contributed by atoms with Gasteiger partial charge in [0, 0.05) is 24.0 Å². The zero-order chi connectivity index (χ0) is 21.1. The van der Waals surface area contributed by atoms with Crippen molar-refractivity contribution < 1.29 is 24.2 Å². The van der Waals surface area contributed by atoms with E-state index in [0.717, 1.165) is 4.88 Å². The molecule has 0 unspecified atom stereocenters. The summed E-state index contributed by atoms with van der Waals surface area (Å²) in [6.45, 7) is 0.970. The van der Waals surface area contributed by atoms with E-state index in [1.165, 1.54) is 30.5 Å². The number of rotatable bonds is 7. The molecule has 154 valence electrons. The molecule has 1 saturated heterocycles. The number of Topliss-reactive ketones (excluding diaryl/α,β-unsaturated/α-hetero) is 1. The molecule has 0 saturated carbocycles. The number of hydrogen-bond acceptors (Lipinski definition) is 7. The normalized spacial score (nSPS) is 18.5. The largest absolute Gasteiger partial charge is 0.507 e. The third kappa shape index (κ3) is 3.99. The number of likely N-dealkylation sites (tertiary alicyclic amines) is 1. The maximum atomic E-state index is 12.9. The van der Waals surface area contributed by atoms with Crippen LogP contribution in [-0.4, -0.2) is 68.0 Å². The number of likely N-dealkylation sites (N-methyl/N-ethyl adjacent to an activating group) is 1. The van der Waals surface area contributed by atoms with Crippen molar-refractivity contribution in [2.45, 2.75) is 6.04 Å². The van der Waals surface area contributed by atoms with Gasteiger partial charge in [0.2, 0.25) is 0 Å². The Labute approximate surface area is 173 Å². The molecule has 1 aromatic carbocycles. The van der Waals surface area contributed by atoms with E-state index in [2.05, 4.69) is 0 Å². The Balaban J connectivity index is 2.14. The fraction of sp³-hybridized carbons (Fsp3) is 0.333. The van der Waals surface area contributed by atoms with Crippen LogP contribution in [0.5, 0.6) is 11.5 Å². The van der Waals surface area contributed by atoms with E-state index in [-0.39, 0.29) is 11.3 Å². The van der Waals surface area contributed by atoms with Gasteiger partial charge in [-0.1, -0.05) is 6.07 Å². The first-order valence-corrected chi connectivity index (χ1v) is 9.96. The van der Waals surface area contributed by atoms with Gasteiger partial charge in [0.1, 0.15) is 17.3 Å². The van der Waals surface area contributed by atoms with Crippen molar-refractivity contribution >= 4 is 28.8 Å². The minimum absolute atomic E-state index is 0.0691. The topological polar surface area (TPSA) is 79.3 Å². The summed E-state index contributed by atoms with van der Waals surface area (Å²) in [4.78, 5) is 30.0. The number of nitrogens with zero attached hydrogens (tertiary/aromatic N) is 2. The summed E-state index contributed by atoms with van der Waals surface area (Å²) in [5.74, 6) is -0.656. The van der Waals surface area contributed by atoms with Crippen molar-refractivity contribution in [3.63, 3.8) is 0 Å². The second-order valence-electron chi connectivity index (χ2n) is 6.88. The van der Waals surface area contributed by atoms with Gasteiger partial charge in [-0.15, -0.1) is 11.3 Å². The van der Waals surface area contributed by atoms with E-state index in [1.807, 2.05) is 36.5 Å². The molecule has 0 radical (unpaired) electrons. The van der Waals surface area contributed by atoms with Gasteiger partial charge in [0.25, 0.3) is 11.7 Å². The Bertz CT molecular complexity index is 937. The molecule has 1 aromatic heterocycles. The number of benzene rings is 1. The Morgan fingerprint density at radius 2 is 1.97 bits per heavy atom. The average molecular weight is 416 g/mol. The van der Waals surface area contributed by atoms with Crippen LogP contribution >= 0.6 is 11.3 Å². The van der Waals surface area contributed by atoms with Gasteiger partial charge in [-0.2, -0.15) is 0 Å². The molecule has 2 heterocycles. The van der Waals surface area contributed by atoms with Gasteiger partial charge in [-0.25, -0.2) is 0 Å². The second kappa shape index (κ2) is 8.67. The number of aliphatic hydroxyl groups excluding tert-OH is 1. The molecule has 0 bridgehead atoms. The van der Waals surface area contributed by atoms with Crippen LogP contribution in [0.3, 0.4) is 0 Å². The van der Waals surface area contributed by atoms with Crippen LogP contribution in [0.4, 0.5) is 0 Å². The number of ether oxygens (including phenoxy) is 2. The smallest absolute Gasteiger partial charge is 0.295 e. The molecule has 29 heavy (non-hydrogen) atoms. The summed E-state index contributed by atoms with van der Waals surface area (Å²) in [6, 6.07) is 7.99. The maximum Gasteiger partial charge on any atom is 0.295 e. The monoisotopic (exact) mass is 416 g/mol. The van der Waals surface area contributed by atoms with Crippen molar-refractivity contribution in [3.8, 4) is 11.5 Å². The third-order valence-electron chi connectivity index (χ3n) is 4.80. The predicted octanol–water partition coefficient (Wildman–Crippen LogP) is 2.75. The van der Waals surface area contributed by atoms with E-state index >= 15 is 0 Å². The van der Waals surface area contributed by atoms with Gasteiger partial charge in [-0.3, -0.25) is 9.59 Å². The third-order valence-corrected chi connectivity index (χ3v) is 5.73. The van der Waals surface area contributed by atoms with Crippen molar-refractivity contribution in [1.29, 1.82) is 0 Å². The summed E-state index contributed by atoms with van der Waals surface area (Å²) >= 11 is 1.44. The van der Waals surface area contributed by atoms with Crippen LogP contribution < -0.4 is 9.47 Å². The highest BCUT2D eigenvalue weighted by atomic mass is 32.1. The SMILES string of the molecule is COc1ccc(C(O)=C2C(=O)C(=O)N(CCN(C)C)[C@H]2c2cccs2)c(OC)c1. The highest BCUT2D eigenvalue weighted by Gasteiger charge is 2.46. The lowest BCUT2D eigenvalue weighted by Gasteiger charge is -2.25. The fourth-order valence-electron chi connectivity index (χ4n) is 3.30. The average Bonchev–Trinajstić information content (AvgIpc) is 3.32. The molecule has 8 heteroatoms. The number of amides is 1. The fourth-order valence-corrected chi connectivity index (χ4v) is 4.15. The minimum Gasteiger partial charge on any atom is -0.507 e. The molecule has 2 aromatic rings. The predicted molar refractivity (Wildman–Crippen MR) is 111 cm³/mol. The first-order chi connectivity index (χ1) is 13.9. The Morgan fingerprint density at radius 3 is 2.55 bits per heavy atom. The molecule has 1 amide bonds. The summed E-state index contributed by atoms with van der Waals surface area (Å²) in [7, 11) is 6.80. The second-order valence-corrected chi connectivity index (χ2v) is 7.86. The lowest BCUT2D eigenvalue weighted by atomic mass is 9.99. The van der Waals surface area contributed by atoms with Crippen LogP contribution in [0.25, 0.3) is 5.76 Å². The molecule has 1 N–H and O–H groups in total. The molecule has 3 rings (SSSR count). The van der Waals surface area contributed by atoms with Crippen LogP contribution in [0.15, 0.2) is 41.3 Å². The minimum atomic E-state index is -0.697. The molecule has 0 aliphatic carbocycles. The van der Waals surface area contributed by atoms with Crippen molar-refractivity contribution in [1.82, 2.24) is 9.80 Å². The number of carbonyl (C=O) groups is 2. The van der Waals surface area contributed by atoms with Gasteiger partial charge in [-0.05, 0) is 37.7 Å². The molecular formula is C21H24N2O5S. The Kier molecular flexibility index (Phi) is 6.24. The van der Waals surface area contributed by atoms with E-state index in [9.17, 15) is 14.7 Å². The van der Waals surface area contributed by atoms with Gasteiger partial charge in [0.15, 0.2) is 0 Å². The summed E-state index contributed by atoms with van der Waals surface area (Å²) in [6.07, 6.45) is 0. The zero-order valence-electron chi connectivity index (χ0n) is 16.8. The summed E-state index contributed by atoms with van der Waals surface area (Å²) in [5, 5.41) is 13.0. The number of thiophene rings is 1. The lowest BCUT2D eigenvalue weighted by Crippen LogP contribution is -2.35. The van der Waals surface area contributed by atoms with Crippen LogP contribution in [0.2, 0.25) is 0 Å². The molecule has 0 spiro atoms. The Morgan fingerprint density at radius 1 is 1.21 bits per heavy atom. The molecule has 7 nitrogen and oxygen atoms in total. The number of aliphatic hydroxyl groups is 1. The maximum absolute atomic E-state index is 12.9. The number of carbonyl (C=O) groups excluding carboxylic acids is 2. The van der Waals surface area contributed by atoms with Gasteiger partial charge < -0.3 is 24.4 Å². The quantitative estimate of drug-likeness (QED) is 0.425. The van der Waals surface area contributed by atoms with Crippen LogP contribution in [0, 0.1) is 0 Å². The number of methoxy groups -OCH3 is 2. The highest BCUT2D eigenvalue weighted by Crippen LogP contribution is 2.42. The molecular weight excluding hydrogens is 392 g/mol. The van der Waals surface area contributed by atoms with Crippen molar-refractivity contribution in [2.75, 3.05) is 41.4 Å². The lowest BCUT2D eigenvalue weighted by molar-refractivity contribution is -0.140. The first kappa shape index (κ1) is 20.9. The Hall–Kier alpha value is -2.84. The molecule has 1 aliphatic rings. The van der Waals surface area contributed by atoms with Crippen LogP contribution in [-0.2, 0) is 9.59 Å². The molecule has 1 fully saturated rings. The highest BCUT2D eigenvalue weighted by molar-refractivity contribution is 7.10. The standard InChI is InChI=1S/C21H24N2O5S/c1-22(2)9-10-23-18(16-6-5-11-29-16)17(20(25)21(23)26)19(24)14-8-7-13(27-3)12-15(14)28-4/h5-8,11-12,18,24H,9-10H2,1-4H3/t18-/m0/s1. The zero-order valence-corrected chi connectivity index (χ0v) is 17.7. The summed E-state index contributed by atoms with van der Waals surface area (Å²) in [5.41, 5.74) is 0.403. The number of hydrogen-bond donors (Lipinski definition) is 1.